The second kappa shape index (κ2) is 7.84. The van der Waals surface area contributed by atoms with Crippen LogP contribution in [-0.2, 0) is 0 Å². The van der Waals surface area contributed by atoms with Gasteiger partial charge in [-0.25, -0.2) is 5.01 Å². The number of amidine groups is 1. The predicted molar refractivity (Wildman–Crippen MR) is 92.1 cm³/mol. The molecule has 0 atom stereocenters. The molecule has 2 aliphatic rings. The van der Waals surface area contributed by atoms with Gasteiger partial charge < -0.3 is 15.6 Å². The first-order valence-electron chi connectivity index (χ1n) is 8.12. The Morgan fingerprint density at radius 3 is 2.87 bits per heavy atom. The zero-order chi connectivity index (χ0) is 16.8. The van der Waals surface area contributed by atoms with E-state index in [9.17, 15) is 0 Å². The van der Waals surface area contributed by atoms with E-state index in [4.69, 9.17) is 10.7 Å². The molecule has 0 bridgehead atoms. The lowest BCUT2D eigenvalue weighted by Gasteiger charge is -2.39. The van der Waals surface area contributed by atoms with Crippen LogP contribution < -0.4 is 10.7 Å². The van der Waals surface area contributed by atoms with Crippen LogP contribution in [0.25, 0.3) is 0 Å². The number of nitrogens with one attached hydrogen (secondary N) is 3. The van der Waals surface area contributed by atoms with E-state index in [1.165, 1.54) is 0 Å². The number of nitriles is 1. The van der Waals surface area contributed by atoms with Crippen LogP contribution in [0.3, 0.4) is 0 Å². The van der Waals surface area contributed by atoms with Crippen molar-refractivity contribution in [3.05, 3.63) is 35.8 Å². The first kappa shape index (κ1) is 17.1. The highest BCUT2D eigenvalue weighted by atomic mass is 15.5. The lowest BCUT2D eigenvalue weighted by molar-refractivity contribution is 0.161. The molecular formula is C17H26N6. The van der Waals surface area contributed by atoms with E-state index in [2.05, 4.69) is 40.2 Å². The van der Waals surface area contributed by atoms with Gasteiger partial charge in [0.15, 0.2) is 0 Å². The minimum Gasteiger partial charge on any atom is -0.372 e. The molecule has 0 aliphatic carbocycles. The fraction of sp³-hybridized carbons (Fsp3) is 0.529. The summed E-state index contributed by atoms with van der Waals surface area (Å²) in [6, 6.07) is 2.29. The normalized spacial score (nSPS) is 19.4. The van der Waals surface area contributed by atoms with Crippen LogP contribution in [0.15, 0.2) is 35.8 Å². The van der Waals surface area contributed by atoms with Gasteiger partial charge in [0.25, 0.3) is 0 Å². The molecule has 0 aromatic rings. The van der Waals surface area contributed by atoms with Crippen molar-refractivity contribution in [2.75, 3.05) is 26.2 Å². The second-order valence-electron chi connectivity index (χ2n) is 6.04. The van der Waals surface area contributed by atoms with Crippen molar-refractivity contribution < 1.29 is 0 Å². The third-order valence-electron chi connectivity index (χ3n) is 4.15. The van der Waals surface area contributed by atoms with Crippen molar-refractivity contribution in [2.24, 2.45) is 5.92 Å². The molecule has 0 saturated carbocycles. The van der Waals surface area contributed by atoms with E-state index in [1.807, 2.05) is 13.0 Å². The molecule has 0 unspecified atom stereocenters. The van der Waals surface area contributed by atoms with Gasteiger partial charge in [0.05, 0.1) is 12.0 Å². The van der Waals surface area contributed by atoms with E-state index in [0.717, 1.165) is 56.0 Å². The standard InChI is InChI=1S/C17H26N6/c1-4-8-23(21-14(3)16-5-7-20-17(16)19)9-6-13(2)22-11-15(10-18)12-22/h5,7,15,21H,2,4,6,8-9,11-12H2,1,3H3,(H2,19,20)/b16-14+. The van der Waals surface area contributed by atoms with Crippen LogP contribution in [-0.4, -0.2) is 41.9 Å². The molecule has 2 rings (SSSR count). The zero-order valence-corrected chi connectivity index (χ0v) is 14.0. The maximum absolute atomic E-state index is 8.84. The van der Waals surface area contributed by atoms with E-state index >= 15 is 0 Å². The predicted octanol–water partition coefficient (Wildman–Crippen LogP) is 1.93. The quantitative estimate of drug-likeness (QED) is 0.597. The first-order valence-corrected chi connectivity index (χ1v) is 8.12. The van der Waals surface area contributed by atoms with Gasteiger partial charge in [0.1, 0.15) is 5.84 Å². The molecule has 0 spiro atoms. The number of nitrogens with zero attached hydrogens (tertiary/aromatic N) is 3. The summed E-state index contributed by atoms with van der Waals surface area (Å²) < 4.78 is 0. The SMILES string of the molecule is C=C(CCN(CCC)N/C(C)=C1\C=CNC1=N)N1CC(C#N)C1. The average Bonchev–Trinajstić information content (AvgIpc) is 2.90. The highest BCUT2D eigenvalue weighted by Crippen LogP contribution is 2.21. The minimum atomic E-state index is 0.163. The first-order chi connectivity index (χ1) is 11.0. The number of hydrogen-bond donors (Lipinski definition) is 3. The van der Waals surface area contributed by atoms with Gasteiger partial charge in [-0.15, -0.1) is 0 Å². The Balaban J connectivity index is 1.84. The summed E-state index contributed by atoms with van der Waals surface area (Å²) in [5, 5.41) is 21.7. The third kappa shape index (κ3) is 4.36. The fourth-order valence-corrected chi connectivity index (χ4v) is 2.71. The Labute approximate surface area is 138 Å². The van der Waals surface area contributed by atoms with E-state index in [-0.39, 0.29) is 5.92 Å². The number of hydrazine groups is 1. The molecule has 23 heavy (non-hydrogen) atoms. The molecule has 1 fully saturated rings. The highest BCUT2D eigenvalue weighted by molar-refractivity contribution is 6.02. The van der Waals surface area contributed by atoms with Gasteiger partial charge in [0.2, 0.25) is 0 Å². The average molecular weight is 314 g/mol. The van der Waals surface area contributed by atoms with Gasteiger partial charge >= 0.3 is 0 Å². The van der Waals surface area contributed by atoms with Gasteiger partial charge in [-0.05, 0) is 19.4 Å². The smallest absolute Gasteiger partial charge is 0.131 e. The summed E-state index contributed by atoms with van der Waals surface area (Å²) in [6.07, 6.45) is 5.62. The minimum absolute atomic E-state index is 0.163. The molecule has 2 aliphatic heterocycles. The molecule has 6 nitrogen and oxygen atoms in total. The number of likely N-dealkylation sites (tertiary alicyclic amines) is 1. The van der Waals surface area contributed by atoms with Crippen LogP contribution in [0.4, 0.5) is 0 Å². The molecule has 3 N–H and O–H groups in total. The molecule has 0 amide bonds. The molecule has 6 heteroatoms. The third-order valence-corrected chi connectivity index (χ3v) is 4.15. The topological polar surface area (TPSA) is 78.2 Å². The summed E-state index contributed by atoms with van der Waals surface area (Å²) >= 11 is 0. The Bertz CT molecular complexity index is 562. The van der Waals surface area contributed by atoms with Gasteiger partial charge in [0, 0.05) is 55.8 Å². The molecule has 2 heterocycles. The summed E-state index contributed by atoms with van der Waals surface area (Å²) in [7, 11) is 0. The summed E-state index contributed by atoms with van der Waals surface area (Å²) in [6.45, 7) is 11.7. The Morgan fingerprint density at radius 1 is 1.57 bits per heavy atom. The number of allylic oxidation sites excluding steroid dienone is 1. The van der Waals surface area contributed by atoms with Crippen LogP contribution in [0.5, 0.6) is 0 Å². The molecular weight excluding hydrogens is 288 g/mol. The van der Waals surface area contributed by atoms with Crippen LogP contribution in [0.1, 0.15) is 26.7 Å². The fourth-order valence-electron chi connectivity index (χ4n) is 2.71. The van der Waals surface area contributed by atoms with Crippen molar-refractivity contribution in [3.8, 4) is 6.07 Å². The maximum Gasteiger partial charge on any atom is 0.131 e. The molecule has 1 saturated heterocycles. The Morgan fingerprint density at radius 2 is 2.30 bits per heavy atom. The highest BCUT2D eigenvalue weighted by Gasteiger charge is 2.27. The molecule has 124 valence electrons. The maximum atomic E-state index is 8.84. The molecule has 0 aromatic heterocycles. The monoisotopic (exact) mass is 314 g/mol. The second-order valence-corrected chi connectivity index (χ2v) is 6.04. The number of hydrogen-bond acceptors (Lipinski definition) is 5. The molecule has 0 radical (unpaired) electrons. The summed E-state index contributed by atoms with van der Waals surface area (Å²) in [5.41, 5.74) is 6.38. The van der Waals surface area contributed by atoms with Gasteiger partial charge in [-0.1, -0.05) is 13.5 Å². The van der Waals surface area contributed by atoms with Crippen molar-refractivity contribution >= 4 is 5.84 Å². The lowest BCUT2D eigenvalue weighted by Crippen LogP contribution is -2.46. The van der Waals surface area contributed by atoms with Crippen molar-refractivity contribution in [1.82, 2.24) is 20.7 Å². The van der Waals surface area contributed by atoms with Crippen molar-refractivity contribution in [1.29, 1.82) is 10.7 Å². The lowest BCUT2D eigenvalue weighted by atomic mass is 10.0. The largest absolute Gasteiger partial charge is 0.372 e. The molecule has 0 aromatic carbocycles. The van der Waals surface area contributed by atoms with Crippen LogP contribution >= 0.6 is 0 Å². The number of rotatable bonds is 8. The van der Waals surface area contributed by atoms with Gasteiger partial charge in [-0.2, -0.15) is 5.26 Å². The van der Waals surface area contributed by atoms with Crippen molar-refractivity contribution in [2.45, 2.75) is 26.7 Å². The summed E-state index contributed by atoms with van der Waals surface area (Å²) in [4.78, 5) is 2.18. The van der Waals surface area contributed by atoms with E-state index in [0.29, 0.717) is 5.84 Å². The Kier molecular flexibility index (Phi) is 5.83. The van der Waals surface area contributed by atoms with Crippen molar-refractivity contribution in [3.63, 3.8) is 0 Å². The van der Waals surface area contributed by atoms with E-state index in [1.54, 1.807) is 6.20 Å². The summed E-state index contributed by atoms with van der Waals surface area (Å²) in [5.74, 6) is 0.593. The Hall–Kier alpha value is -2.26. The van der Waals surface area contributed by atoms with Crippen LogP contribution in [0, 0.1) is 22.7 Å². The van der Waals surface area contributed by atoms with Gasteiger partial charge in [-0.3, -0.25) is 5.41 Å². The van der Waals surface area contributed by atoms with E-state index < -0.39 is 0 Å². The van der Waals surface area contributed by atoms with Crippen LogP contribution in [0.2, 0.25) is 0 Å². The zero-order valence-electron chi connectivity index (χ0n) is 14.0.